The van der Waals surface area contributed by atoms with E-state index in [1.54, 1.807) is 17.9 Å². The van der Waals surface area contributed by atoms with Gasteiger partial charge in [0.1, 0.15) is 0 Å². The Morgan fingerprint density at radius 1 is 1.00 bits per heavy atom. The van der Waals surface area contributed by atoms with Gasteiger partial charge in [-0.1, -0.05) is 0 Å². The van der Waals surface area contributed by atoms with Gasteiger partial charge in [0, 0.05) is 0 Å². The van der Waals surface area contributed by atoms with Gasteiger partial charge in [-0.25, -0.2) is 0 Å². The van der Waals surface area contributed by atoms with Gasteiger partial charge in [-0.15, -0.1) is 0 Å². The van der Waals surface area contributed by atoms with Crippen molar-refractivity contribution in [1.82, 2.24) is 0 Å². The van der Waals surface area contributed by atoms with E-state index in [4.69, 9.17) is 33.9 Å². The molecule has 15 heavy (non-hydrogen) atoms. The van der Waals surface area contributed by atoms with Crippen LogP contribution in [0.2, 0.25) is 9.88 Å². The Kier molecular flexibility index (Phi) is 9.10. The van der Waals surface area contributed by atoms with Crippen molar-refractivity contribution in [3.8, 4) is 0 Å². The van der Waals surface area contributed by atoms with E-state index < -0.39 is 15.6 Å². The van der Waals surface area contributed by atoms with Gasteiger partial charge in [-0.2, -0.15) is 0 Å². The van der Waals surface area contributed by atoms with E-state index in [2.05, 4.69) is 9.88 Å². The molecule has 0 N–H and O–H groups in total. The zero-order valence-corrected chi connectivity index (χ0v) is 15.5. The van der Waals surface area contributed by atoms with Gasteiger partial charge in [0.15, 0.2) is 0 Å². The zero-order valence-electron chi connectivity index (χ0n) is 9.36. The summed E-state index contributed by atoms with van der Waals surface area (Å²) >= 11 is 7.88. The van der Waals surface area contributed by atoms with Gasteiger partial charge >= 0.3 is 113 Å². The molecule has 0 bridgehead atoms. The van der Waals surface area contributed by atoms with E-state index in [1.807, 2.05) is 13.8 Å². The second-order valence-electron chi connectivity index (χ2n) is 2.97. The summed E-state index contributed by atoms with van der Waals surface area (Å²) in [6, 6.07) is 0. The molecule has 0 radical (unpaired) electrons. The Labute approximate surface area is 112 Å². The zero-order chi connectivity index (χ0) is 11.9. The van der Waals surface area contributed by atoms with Crippen molar-refractivity contribution in [1.29, 1.82) is 0 Å². The van der Waals surface area contributed by atoms with Crippen LogP contribution in [0.5, 0.6) is 0 Å². The molecule has 7 heteroatoms. The van der Waals surface area contributed by atoms with Crippen molar-refractivity contribution in [2.24, 2.45) is 0 Å². The Balaban J connectivity index is 4.05. The average Bonchev–Trinajstić information content (AvgIpc) is 2.01. The van der Waals surface area contributed by atoms with E-state index in [0.717, 1.165) is 0 Å². The number of thiocarbonyl (C=S) groups is 2. The molecule has 0 aromatic carbocycles. The van der Waals surface area contributed by atoms with Gasteiger partial charge in [0.2, 0.25) is 0 Å². The van der Waals surface area contributed by atoms with Gasteiger partial charge in [0.05, 0.1) is 0 Å². The molecule has 0 aliphatic rings. The maximum atomic E-state index is 5.27. The maximum absolute atomic E-state index is 5.27. The monoisotopic (exact) mass is 392 g/mol. The standard InChI is InChI=1S/2C3H6OS2.2CH3.Sn/c2*1-2-4-3(5)6;;;/h2*2H2,1H3,(H,5,6);2*1H3;/q;;;;+2/p-2. The average molecular weight is 391 g/mol. The van der Waals surface area contributed by atoms with Crippen molar-refractivity contribution in [3.05, 3.63) is 0 Å². The van der Waals surface area contributed by atoms with Gasteiger partial charge in [-0.3, -0.25) is 0 Å². The number of hydrogen-bond donors (Lipinski definition) is 0. The first-order valence-corrected chi connectivity index (χ1v) is 19.8. The quantitative estimate of drug-likeness (QED) is 0.533. The van der Waals surface area contributed by atoms with Crippen LogP contribution in [0.3, 0.4) is 0 Å². The predicted molar refractivity (Wildman–Crippen MR) is 81.1 cm³/mol. The van der Waals surface area contributed by atoms with Crippen LogP contribution in [0.25, 0.3) is 0 Å². The van der Waals surface area contributed by atoms with Crippen molar-refractivity contribution < 1.29 is 9.47 Å². The van der Waals surface area contributed by atoms with Crippen LogP contribution in [0.1, 0.15) is 13.8 Å². The molecule has 0 saturated heterocycles. The van der Waals surface area contributed by atoms with E-state index in [0.29, 0.717) is 22.0 Å². The van der Waals surface area contributed by atoms with Gasteiger partial charge in [0.25, 0.3) is 0 Å². The number of ether oxygens (including phenoxy) is 2. The van der Waals surface area contributed by atoms with Crippen LogP contribution < -0.4 is 0 Å². The van der Waals surface area contributed by atoms with Crippen molar-refractivity contribution in [2.75, 3.05) is 13.2 Å². The summed E-state index contributed by atoms with van der Waals surface area (Å²) in [6.45, 7) is 5.14. The molecule has 0 saturated carbocycles. The van der Waals surface area contributed by atoms with Crippen molar-refractivity contribution >= 4 is 66.7 Å². The molecule has 0 aliphatic carbocycles. The Bertz CT molecular complexity index is 211. The summed E-state index contributed by atoms with van der Waals surface area (Å²) in [6.07, 6.45) is 0. The Morgan fingerprint density at radius 3 is 1.60 bits per heavy atom. The molecule has 88 valence electrons. The minimum absolute atomic E-state index is 0.633. The molecule has 0 rings (SSSR count). The molecule has 0 atom stereocenters. The summed E-state index contributed by atoms with van der Waals surface area (Å²) in [7, 11) is 3.39. The molecule has 0 spiro atoms. The molecule has 0 aliphatic heterocycles. The Morgan fingerprint density at radius 2 is 1.33 bits per heavy atom. The molecular formula is C8H16O2S4Sn. The fourth-order valence-corrected chi connectivity index (χ4v) is 24.8. The predicted octanol–water partition coefficient (Wildman–Crippen LogP) is 3.80. The molecule has 2 nitrogen and oxygen atoms in total. The van der Waals surface area contributed by atoms with E-state index in [-0.39, 0.29) is 0 Å². The van der Waals surface area contributed by atoms with Crippen LogP contribution >= 0.6 is 42.3 Å². The van der Waals surface area contributed by atoms with E-state index in [9.17, 15) is 0 Å². The molecule has 0 unspecified atom stereocenters. The Hall–Kier alpha value is 1.28. The van der Waals surface area contributed by atoms with Crippen LogP contribution in [-0.4, -0.2) is 37.6 Å². The van der Waals surface area contributed by atoms with Crippen LogP contribution in [0.15, 0.2) is 0 Å². The first-order chi connectivity index (χ1) is 6.91. The van der Waals surface area contributed by atoms with Gasteiger partial charge < -0.3 is 0 Å². The third kappa shape index (κ3) is 9.02. The third-order valence-corrected chi connectivity index (χ3v) is 21.0. The fourth-order valence-electron chi connectivity index (χ4n) is 0.717. The summed E-state index contributed by atoms with van der Waals surface area (Å²) in [5.74, 6) is 0. The van der Waals surface area contributed by atoms with Crippen molar-refractivity contribution in [2.45, 2.75) is 23.7 Å². The molecule has 0 amide bonds. The van der Waals surface area contributed by atoms with Crippen LogP contribution in [-0.2, 0) is 9.47 Å². The topological polar surface area (TPSA) is 18.5 Å². The first-order valence-electron chi connectivity index (χ1n) is 4.62. The van der Waals surface area contributed by atoms with Gasteiger partial charge in [-0.05, 0) is 0 Å². The van der Waals surface area contributed by atoms with Crippen LogP contribution in [0, 0.1) is 0 Å². The fraction of sp³-hybridized carbons (Fsp3) is 0.750. The molecule has 0 fully saturated rings. The molecular weight excluding hydrogens is 375 g/mol. The summed E-state index contributed by atoms with van der Waals surface area (Å²) in [4.78, 5) is 4.50. The SMILES string of the molecule is CCOC(=S)[S][Sn]([CH3])([CH3])[S]C(=S)OCC. The molecule has 0 aromatic rings. The molecule has 0 heterocycles. The molecule has 0 aromatic heterocycles. The summed E-state index contributed by atoms with van der Waals surface area (Å²) < 4.78 is 11.8. The second kappa shape index (κ2) is 8.38. The first kappa shape index (κ1) is 16.3. The minimum atomic E-state index is -2.34. The summed E-state index contributed by atoms with van der Waals surface area (Å²) in [5.41, 5.74) is 0. The number of hydrogen-bond acceptors (Lipinski definition) is 6. The van der Waals surface area contributed by atoms with E-state index in [1.165, 1.54) is 0 Å². The van der Waals surface area contributed by atoms with Crippen molar-refractivity contribution in [3.63, 3.8) is 0 Å². The summed E-state index contributed by atoms with van der Waals surface area (Å²) in [5, 5.41) is 0. The normalized spacial score (nSPS) is 10.9. The van der Waals surface area contributed by atoms with E-state index >= 15 is 0 Å². The third-order valence-electron chi connectivity index (χ3n) is 1.18. The van der Waals surface area contributed by atoms with Crippen LogP contribution in [0.4, 0.5) is 0 Å². The number of rotatable bonds is 4. The second-order valence-corrected chi connectivity index (χ2v) is 32.3.